The van der Waals surface area contributed by atoms with Crippen molar-refractivity contribution in [2.45, 2.75) is 52.4 Å². The normalized spacial score (nSPS) is 18.5. The van der Waals surface area contributed by atoms with E-state index in [1.54, 1.807) is 0 Å². The second-order valence-electron chi connectivity index (χ2n) is 8.45. The second kappa shape index (κ2) is 9.11. The van der Waals surface area contributed by atoms with E-state index in [1.807, 2.05) is 36.9 Å². The molecule has 2 aliphatic heterocycles. The van der Waals surface area contributed by atoms with Gasteiger partial charge in [0.1, 0.15) is 11.3 Å². The molecule has 2 amide bonds. The average molecular weight is 413 g/mol. The van der Waals surface area contributed by atoms with Gasteiger partial charge in [0.15, 0.2) is 5.76 Å². The minimum atomic E-state index is -0.0812. The lowest BCUT2D eigenvalue weighted by atomic mass is 9.94. The van der Waals surface area contributed by atoms with Crippen molar-refractivity contribution in [1.82, 2.24) is 9.80 Å². The Morgan fingerprint density at radius 1 is 1.03 bits per heavy atom. The number of aryl methyl sites for hydroxylation is 1. The molecule has 162 valence electrons. The Morgan fingerprint density at radius 3 is 2.40 bits per heavy atom. The molecule has 0 unspecified atom stereocenters. The van der Waals surface area contributed by atoms with Crippen LogP contribution < -0.4 is 4.74 Å². The quantitative estimate of drug-likeness (QED) is 0.747. The highest BCUT2D eigenvalue weighted by Crippen LogP contribution is 2.31. The van der Waals surface area contributed by atoms with Gasteiger partial charge in [-0.25, -0.2) is 0 Å². The number of piperidine rings is 1. The Hall–Kier alpha value is -2.50. The maximum absolute atomic E-state index is 13.1. The Labute approximate surface area is 178 Å². The summed E-state index contributed by atoms with van der Waals surface area (Å²) in [6.45, 7) is 7.44. The van der Waals surface area contributed by atoms with E-state index in [2.05, 4.69) is 4.90 Å². The summed E-state index contributed by atoms with van der Waals surface area (Å²) in [6.07, 6.45) is 6.13. The van der Waals surface area contributed by atoms with Crippen molar-refractivity contribution < 1.29 is 18.7 Å². The van der Waals surface area contributed by atoms with Crippen molar-refractivity contribution >= 4 is 22.8 Å². The number of furan rings is 1. The molecular formula is C24H32N2O4. The standard InChI is InChI=1S/C24H32N2O4/c1-3-29-19-8-9-21-20(16-19)17(2)22(30-21)24(28)26-14-10-18(11-15-26)23(27)25-12-6-4-5-7-13-25/h8-9,16,18H,3-7,10-15H2,1-2H3. The van der Waals surface area contributed by atoms with Crippen molar-refractivity contribution in [2.24, 2.45) is 5.92 Å². The van der Waals surface area contributed by atoms with Gasteiger partial charge in [-0.1, -0.05) is 12.8 Å². The Kier molecular flexibility index (Phi) is 6.30. The summed E-state index contributed by atoms with van der Waals surface area (Å²) in [4.78, 5) is 29.9. The molecule has 0 atom stereocenters. The molecule has 0 aliphatic carbocycles. The zero-order valence-corrected chi connectivity index (χ0v) is 18.1. The van der Waals surface area contributed by atoms with E-state index in [9.17, 15) is 9.59 Å². The van der Waals surface area contributed by atoms with Gasteiger partial charge in [-0.3, -0.25) is 9.59 Å². The third-order valence-corrected chi connectivity index (χ3v) is 6.46. The summed E-state index contributed by atoms with van der Waals surface area (Å²) in [7, 11) is 0. The van der Waals surface area contributed by atoms with Gasteiger partial charge in [-0.2, -0.15) is 0 Å². The third kappa shape index (κ3) is 4.18. The van der Waals surface area contributed by atoms with Crippen LogP contribution >= 0.6 is 0 Å². The second-order valence-corrected chi connectivity index (χ2v) is 8.45. The fourth-order valence-corrected chi connectivity index (χ4v) is 4.68. The van der Waals surface area contributed by atoms with Crippen LogP contribution in [0.5, 0.6) is 5.75 Å². The van der Waals surface area contributed by atoms with Crippen LogP contribution in [-0.2, 0) is 4.79 Å². The Bertz CT molecular complexity index is 903. The molecule has 0 saturated carbocycles. The predicted molar refractivity (Wildman–Crippen MR) is 116 cm³/mol. The smallest absolute Gasteiger partial charge is 0.289 e. The van der Waals surface area contributed by atoms with Gasteiger partial charge in [0, 0.05) is 43.0 Å². The zero-order valence-electron chi connectivity index (χ0n) is 18.1. The molecule has 6 nitrogen and oxygen atoms in total. The first-order valence-corrected chi connectivity index (χ1v) is 11.3. The molecule has 6 heteroatoms. The largest absolute Gasteiger partial charge is 0.494 e. The van der Waals surface area contributed by atoms with Gasteiger partial charge in [0.05, 0.1) is 6.61 Å². The summed E-state index contributed by atoms with van der Waals surface area (Å²) < 4.78 is 11.5. The van der Waals surface area contributed by atoms with Crippen molar-refractivity contribution in [2.75, 3.05) is 32.8 Å². The van der Waals surface area contributed by atoms with Crippen LogP contribution in [0.15, 0.2) is 22.6 Å². The van der Waals surface area contributed by atoms with Gasteiger partial charge >= 0.3 is 0 Å². The number of ether oxygens (including phenoxy) is 1. The number of hydrogen-bond donors (Lipinski definition) is 0. The number of fused-ring (bicyclic) bond motifs is 1. The third-order valence-electron chi connectivity index (χ3n) is 6.46. The topological polar surface area (TPSA) is 63.0 Å². The van der Waals surface area contributed by atoms with Crippen LogP contribution in [0.1, 0.15) is 61.6 Å². The SMILES string of the molecule is CCOc1ccc2oc(C(=O)N3CCC(C(=O)N4CCCCCC4)CC3)c(C)c2c1. The first-order valence-electron chi connectivity index (χ1n) is 11.3. The molecule has 0 bridgehead atoms. The molecule has 30 heavy (non-hydrogen) atoms. The van der Waals surface area contributed by atoms with E-state index in [-0.39, 0.29) is 17.7 Å². The van der Waals surface area contributed by atoms with E-state index >= 15 is 0 Å². The van der Waals surface area contributed by atoms with Crippen LogP contribution in [0.2, 0.25) is 0 Å². The first-order chi connectivity index (χ1) is 14.6. The Balaban J connectivity index is 1.41. The van der Waals surface area contributed by atoms with E-state index in [0.29, 0.717) is 31.0 Å². The predicted octanol–water partition coefficient (Wildman–Crippen LogP) is 4.39. The van der Waals surface area contributed by atoms with Gasteiger partial charge in [-0.05, 0) is 57.7 Å². The van der Waals surface area contributed by atoms with Gasteiger partial charge in [0.25, 0.3) is 5.91 Å². The summed E-state index contributed by atoms with van der Waals surface area (Å²) in [5, 5.41) is 0.913. The highest BCUT2D eigenvalue weighted by molar-refractivity contribution is 5.99. The number of carbonyl (C=O) groups is 2. The van der Waals surface area contributed by atoms with E-state index in [1.165, 1.54) is 12.8 Å². The highest BCUT2D eigenvalue weighted by atomic mass is 16.5. The molecule has 0 radical (unpaired) electrons. The molecule has 1 aromatic carbocycles. The first kappa shape index (κ1) is 20.8. The lowest BCUT2D eigenvalue weighted by molar-refractivity contribution is -0.136. The van der Waals surface area contributed by atoms with Crippen LogP contribution in [0.3, 0.4) is 0 Å². The highest BCUT2D eigenvalue weighted by Gasteiger charge is 2.32. The average Bonchev–Trinajstić information content (AvgIpc) is 2.94. The maximum Gasteiger partial charge on any atom is 0.289 e. The molecule has 2 saturated heterocycles. The number of hydrogen-bond acceptors (Lipinski definition) is 4. The van der Waals surface area contributed by atoms with E-state index in [4.69, 9.17) is 9.15 Å². The summed E-state index contributed by atoms with van der Waals surface area (Å²) >= 11 is 0. The number of likely N-dealkylation sites (tertiary alicyclic amines) is 2. The molecule has 3 heterocycles. The van der Waals surface area contributed by atoms with Crippen molar-refractivity contribution in [1.29, 1.82) is 0 Å². The number of rotatable bonds is 4. The lowest BCUT2D eigenvalue weighted by Crippen LogP contribution is -2.44. The van der Waals surface area contributed by atoms with Crippen molar-refractivity contribution in [3.05, 3.63) is 29.5 Å². The monoisotopic (exact) mass is 412 g/mol. The molecular weight excluding hydrogens is 380 g/mol. The summed E-state index contributed by atoms with van der Waals surface area (Å²) in [5.74, 6) is 1.42. The fourth-order valence-electron chi connectivity index (χ4n) is 4.68. The minimum absolute atomic E-state index is 0.0395. The van der Waals surface area contributed by atoms with Crippen LogP contribution in [-0.4, -0.2) is 54.4 Å². The molecule has 0 spiro atoms. The molecule has 2 aliphatic rings. The van der Waals surface area contributed by atoms with Crippen molar-refractivity contribution in [3.8, 4) is 5.75 Å². The zero-order chi connectivity index (χ0) is 21.1. The van der Waals surface area contributed by atoms with E-state index in [0.717, 1.165) is 55.5 Å². The number of nitrogens with zero attached hydrogens (tertiary/aromatic N) is 2. The van der Waals surface area contributed by atoms with Gasteiger partial charge in [-0.15, -0.1) is 0 Å². The van der Waals surface area contributed by atoms with Crippen LogP contribution in [0.25, 0.3) is 11.0 Å². The number of carbonyl (C=O) groups excluding carboxylic acids is 2. The molecule has 2 fully saturated rings. The minimum Gasteiger partial charge on any atom is -0.494 e. The molecule has 0 N–H and O–H groups in total. The number of amides is 2. The Morgan fingerprint density at radius 2 is 1.73 bits per heavy atom. The van der Waals surface area contributed by atoms with Crippen LogP contribution in [0.4, 0.5) is 0 Å². The summed E-state index contributed by atoms with van der Waals surface area (Å²) in [5.41, 5.74) is 1.55. The van der Waals surface area contributed by atoms with E-state index < -0.39 is 0 Å². The van der Waals surface area contributed by atoms with Crippen molar-refractivity contribution in [3.63, 3.8) is 0 Å². The molecule has 1 aromatic heterocycles. The molecule has 4 rings (SSSR count). The number of benzene rings is 1. The lowest BCUT2D eigenvalue weighted by Gasteiger charge is -2.33. The molecule has 2 aromatic rings. The van der Waals surface area contributed by atoms with Crippen LogP contribution in [0, 0.1) is 12.8 Å². The van der Waals surface area contributed by atoms with Gasteiger partial charge in [0.2, 0.25) is 5.91 Å². The maximum atomic E-state index is 13.1. The fraction of sp³-hybridized carbons (Fsp3) is 0.583. The summed E-state index contributed by atoms with van der Waals surface area (Å²) in [6, 6.07) is 5.65. The van der Waals surface area contributed by atoms with Gasteiger partial charge < -0.3 is 19.0 Å².